The topological polar surface area (TPSA) is 73.1 Å². The van der Waals surface area contributed by atoms with Crippen molar-refractivity contribution in [3.63, 3.8) is 0 Å². The molecule has 0 atom stereocenters. The second kappa shape index (κ2) is 5.71. The number of rotatable bonds is 4. The molecule has 0 unspecified atom stereocenters. The number of hydrogen-bond donors (Lipinski definition) is 2. The third-order valence-corrected chi connectivity index (χ3v) is 2.62. The van der Waals surface area contributed by atoms with Crippen molar-refractivity contribution in [2.45, 2.75) is 6.92 Å². The SMILES string of the molecule is CCOc1ncnc(Nc2ccc(Cl)c(F)c2)c1N. The second-order valence-electron chi connectivity index (χ2n) is 3.63. The fourth-order valence-corrected chi connectivity index (χ4v) is 1.56. The zero-order valence-corrected chi connectivity index (χ0v) is 10.9. The molecule has 0 aliphatic heterocycles. The zero-order valence-electron chi connectivity index (χ0n) is 10.2. The van der Waals surface area contributed by atoms with Gasteiger partial charge in [0.1, 0.15) is 17.8 Å². The Hall–Kier alpha value is -2.08. The molecule has 0 saturated carbocycles. The lowest BCUT2D eigenvalue weighted by Crippen LogP contribution is -2.05. The second-order valence-corrected chi connectivity index (χ2v) is 4.04. The Morgan fingerprint density at radius 1 is 1.42 bits per heavy atom. The van der Waals surface area contributed by atoms with Crippen LogP contribution in [0.1, 0.15) is 6.92 Å². The van der Waals surface area contributed by atoms with Gasteiger partial charge in [-0.3, -0.25) is 0 Å². The Labute approximate surface area is 114 Å². The number of benzene rings is 1. The van der Waals surface area contributed by atoms with Gasteiger partial charge in [0.25, 0.3) is 0 Å². The Bertz CT molecular complexity index is 594. The van der Waals surface area contributed by atoms with Crippen LogP contribution in [0, 0.1) is 5.82 Å². The maximum atomic E-state index is 13.3. The summed E-state index contributed by atoms with van der Waals surface area (Å²) >= 11 is 5.61. The third kappa shape index (κ3) is 3.03. The first-order chi connectivity index (χ1) is 9.11. The highest BCUT2D eigenvalue weighted by atomic mass is 35.5. The average molecular weight is 283 g/mol. The molecule has 0 spiro atoms. The van der Waals surface area contributed by atoms with E-state index >= 15 is 0 Å². The van der Waals surface area contributed by atoms with Gasteiger partial charge in [0.2, 0.25) is 5.88 Å². The number of nitrogens with zero attached hydrogens (tertiary/aromatic N) is 2. The van der Waals surface area contributed by atoms with Gasteiger partial charge in [0.05, 0.1) is 11.6 Å². The summed E-state index contributed by atoms with van der Waals surface area (Å²) < 4.78 is 18.6. The fraction of sp³-hybridized carbons (Fsp3) is 0.167. The molecule has 7 heteroatoms. The first kappa shape index (κ1) is 13.4. The van der Waals surface area contributed by atoms with E-state index in [4.69, 9.17) is 22.1 Å². The monoisotopic (exact) mass is 282 g/mol. The van der Waals surface area contributed by atoms with Gasteiger partial charge in [0, 0.05) is 5.69 Å². The number of ether oxygens (including phenoxy) is 1. The molecule has 0 amide bonds. The van der Waals surface area contributed by atoms with Gasteiger partial charge in [-0.25, -0.2) is 9.37 Å². The fourth-order valence-electron chi connectivity index (χ4n) is 1.44. The number of aromatic nitrogens is 2. The van der Waals surface area contributed by atoms with Gasteiger partial charge < -0.3 is 15.8 Å². The van der Waals surface area contributed by atoms with Crippen LogP contribution < -0.4 is 15.8 Å². The van der Waals surface area contributed by atoms with Crippen molar-refractivity contribution in [3.05, 3.63) is 35.4 Å². The summed E-state index contributed by atoms with van der Waals surface area (Å²) in [6.45, 7) is 2.26. The van der Waals surface area contributed by atoms with Gasteiger partial charge in [-0.1, -0.05) is 11.6 Å². The minimum Gasteiger partial charge on any atom is -0.476 e. The summed E-state index contributed by atoms with van der Waals surface area (Å²) in [7, 11) is 0. The molecule has 0 saturated heterocycles. The molecule has 0 fully saturated rings. The summed E-state index contributed by atoms with van der Waals surface area (Å²) in [5.41, 5.74) is 6.60. The predicted molar refractivity (Wildman–Crippen MR) is 72.3 cm³/mol. The Balaban J connectivity index is 2.27. The molecule has 1 aromatic heterocycles. The van der Waals surface area contributed by atoms with Crippen LogP contribution >= 0.6 is 11.6 Å². The van der Waals surface area contributed by atoms with Crippen molar-refractivity contribution in [2.24, 2.45) is 0 Å². The van der Waals surface area contributed by atoms with Crippen LogP contribution in [-0.2, 0) is 0 Å². The summed E-state index contributed by atoms with van der Waals surface area (Å²) in [4.78, 5) is 7.89. The Morgan fingerprint density at radius 3 is 2.89 bits per heavy atom. The lowest BCUT2D eigenvalue weighted by Gasteiger charge is -2.11. The van der Waals surface area contributed by atoms with Crippen molar-refractivity contribution in [1.82, 2.24) is 9.97 Å². The van der Waals surface area contributed by atoms with E-state index in [1.807, 2.05) is 6.92 Å². The van der Waals surface area contributed by atoms with Gasteiger partial charge >= 0.3 is 0 Å². The largest absolute Gasteiger partial charge is 0.476 e. The van der Waals surface area contributed by atoms with Gasteiger partial charge in [0.15, 0.2) is 5.82 Å². The van der Waals surface area contributed by atoms with E-state index in [-0.39, 0.29) is 16.6 Å². The number of nitrogens with two attached hydrogens (primary N) is 1. The quantitative estimate of drug-likeness (QED) is 0.902. The molecule has 1 aromatic carbocycles. The van der Waals surface area contributed by atoms with Crippen molar-refractivity contribution in [3.8, 4) is 5.88 Å². The van der Waals surface area contributed by atoms with Crippen molar-refractivity contribution in [2.75, 3.05) is 17.7 Å². The lowest BCUT2D eigenvalue weighted by molar-refractivity contribution is 0.328. The van der Waals surface area contributed by atoms with Gasteiger partial charge in [-0.15, -0.1) is 0 Å². The summed E-state index contributed by atoms with van der Waals surface area (Å²) in [5, 5.41) is 2.94. The van der Waals surface area contributed by atoms with Crippen molar-refractivity contribution < 1.29 is 9.13 Å². The minimum absolute atomic E-state index is 0.0521. The molecule has 2 rings (SSSR count). The highest BCUT2D eigenvalue weighted by Gasteiger charge is 2.10. The van der Waals surface area contributed by atoms with E-state index in [1.54, 1.807) is 6.07 Å². The average Bonchev–Trinajstić information content (AvgIpc) is 2.39. The van der Waals surface area contributed by atoms with Crippen LogP contribution in [0.5, 0.6) is 5.88 Å². The molecule has 100 valence electrons. The molecule has 2 aromatic rings. The number of hydrogen-bond acceptors (Lipinski definition) is 5. The highest BCUT2D eigenvalue weighted by molar-refractivity contribution is 6.30. The van der Waals surface area contributed by atoms with Crippen LogP contribution in [0.3, 0.4) is 0 Å². The van der Waals surface area contributed by atoms with Crippen LogP contribution in [0.25, 0.3) is 0 Å². The smallest absolute Gasteiger partial charge is 0.242 e. The van der Waals surface area contributed by atoms with Crippen molar-refractivity contribution >= 4 is 28.8 Å². The number of nitrogens with one attached hydrogen (secondary N) is 1. The normalized spacial score (nSPS) is 10.3. The highest BCUT2D eigenvalue weighted by Crippen LogP contribution is 2.28. The number of anilines is 3. The molecular formula is C12H12ClFN4O. The maximum absolute atomic E-state index is 13.3. The first-order valence-electron chi connectivity index (χ1n) is 5.57. The van der Waals surface area contributed by atoms with E-state index in [0.717, 1.165) is 0 Å². The summed E-state index contributed by atoms with van der Waals surface area (Å²) in [6, 6.07) is 4.32. The molecule has 0 radical (unpaired) electrons. The van der Waals surface area contributed by atoms with E-state index in [9.17, 15) is 4.39 Å². The number of halogens is 2. The predicted octanol–water partition coefficient (Wildman–Crippen LogP) is 2.99. The summed E-state index contributed by atoms with van der Waals surface area (Å²) in [5.74, 6) is 0.110. The molecule has 0 aliphatic rings. The molecular weight excluding hydrogens is 271 g/mol. The minimum atomic E-state index is -0.524. The van der Waals surface area contributed by atoms with Crippen molar-refractivity contribution in [1.29, 1.82) is 0 Å². The van der Waals surface area contributed by atoms with E-state index in [0.29, 0.717) is 18.1 Å². The van der Waals surface area contributed by atoms with Gasteiger partial charge in [-0.2, -0.15) is 4.98 Å². The lowest BCUT2D eigenvalue weighted by atomic mass is 10.3. The van der Waals surface area contributed by atoms with E-state index in [1.165, 1.54) is 18.5 Å². The van der Waals surface area contributed by atoms with E-state index in [2.05, 4.69) is 15.3 Å². The maximum Gasteiger partial charge on any atom is 0.242 e. The standard InChI is InChI=1S/C12H12ClFN4O/c1-2-19-12-10(15)11(16-6-17-12)18-7-3-4-8(13)9(14)5-7/h3-6H,2,15H2,1H3,(H,16,17,18). The Kier molecular flexibility index (Phi) is 4.01. The third-order valence-electron chi connectivity index (χ3n) is 2.31. The molecule has 0 bridgehead atoms. The molecule has 0 aliphatic carbocycles. The molecule has 19 heavy (non-hydrogen) atoms. The van der Waals surface area contributed by atoms with Gasteiger partial charge in [-0.05, 0) is 25.1 Å². The first-order valence-corrected chi connectivity index (χ1v) is 5.95. The Morgan fingerprint density at radius 2 is 2.21 bits per heavy atom. The van der Waals surface area contributed by atoms with Crippen LogP contribution in [0.2, 0.25) is 5.02 Å². The van der Waals surface area contributed by atoms with Crippen LogP contribution in [0.4, 0.5) is 21.6 Å². The zero-order chi connectivity index (χ0) is 13.8. The molecule has 5 nitrogen and oxygen atoms in total. The summed E-state index contributed by atoms with van der Waals surface area (Å²) in [6.07, 6.45) is 1.32. The van der Waals surface area contributed by atoms with Crippen LogP contribution in [-0.4, -0.2) is 16.6 Å². The van der Waals surface area contributed by atoms with Crippen LogP contribution in [0.15, 0.2) is 24.5 Å². The van der Waals surface area contributed by atoms with E-state index < -0.39 is 5.82 Å². The number of nitrogen functional groups attached to an aromatic ring is 1. The molecule has 3 N–H and O–H groups in total. The molecule has 1 heterocycles.